The van der Waals surface area contributed by atoms with E-state index in [1.54, 1.807) is 19.2 Å². The van der Waals surface area contributed by atoms with Crippen molar-refractivity contribution in [1.82, 2.24) is 15.5 Å². The van der Waals surface area contributed by atoms with Gasteiger partial charge in [-0.05, 0) is 55.7 Å². The summed E-state index contributed by atoms with van der Waals surface area (Å²) in [5.74, 6) is 1.61. The fraction of sp³-hybridized carbons (Fsp3) is 0.632. The molecule has 2 N–H and O–H groups in total. The fourth-order valence-corrected chi connectivity index (χ4v) is 3.05. The van der Waals surface area contributed by atoms with Crippen molar-refractivity contribution in [2.75, 3.05) is 33.2 Å². The molecule has 0 aliphatic heterocycles. The van der Waals surface area contributed by atoms with Crippen molar-refractivity contribution in [3.63, 3.8) is 0 Å². The number of nitrogens with one attached hydrogen (secondary N) is 2. The lowest BCUT2D eigenvalue weighted by Gasteiger charge is -2.22. The van der Waals surface area contributed by atoms with Crippen molar-refractivity contribution in [3.05, 3.63) is 35.6 Å². The Hall–Kier alpha value is -1.62. The van der Waals surface area contributed by atoms with Crippen LogP contribution in [0.15, 0.2) is 29.3 Å². The van der Waals surface area contributed by atoms with Gasteiger partial charge in [-0.1, -0.05) is 12.1 Å². The first-order valence-corrected chi connectivity index (χ1v) is 9.17. The number of hydrogen-bond acceptors (Lipinski definition) is 2. The molecule has 5 heteroatoms. The van der Waals surface area contributed by atoms with E-state index in [1.807, 2.05) is 6.07 Å². The third kappa shape index (κ3) is 5.78. The molecule has 0 amide bonds. The van der Waals surface area contributed by atoms with Crippen LogP contribution >= 0.6 is 0 Å². The molecular formula is C19H29FN4. The molecule has 2 saturated carbocycles. The lowest BCUT2D eigenvalue weighted by atomic mass is 10.1. The zero-order valence-electron chi connectivity index (χ0n) is 14.6. The molecule has 0 heterocycles. The number of nitrogens with zero attached hydrogens (tertiary/aromatic N) is 2. The molecule has 0 radical (unpaired) electrons. The second-order valence-corrected chi connectivity index (χ2v) is 6.98. The first-order chi connectivity index (χ1) is 11.7. The van der Waals surface area contributed by atoms with Gasteiger partial charge < -0.3 is 10.6 Å². The van der Waals surface area contributed by atoms with Crippen molar-refractivity contribution in [1.29, 1.82) is 0 Å². The quantitative estimate of drug-likeness (QED) is 0.539. The Bertz CT molecular complexity index is 552. The predicted octanol–water partition coefficient (Wildman–Crippen LogP) is 2.41. The van der Waals surface area contributed by atoms with E-state index in [0.29, 0.717) is 0 Å². The van der Waals surface area contributed by atoms with E-state index in [1.165, 1.54) is 38.3 Å². The summed E-state index contributed by atoms with van der Waals surface area (Å²) in [7, 11) is 1.79. The Morgan fingerprint density at radius 3 is 2.67 bits per heavy atom. The average Bonchev–Trinajstić information content (AvgIpc) is 3.46. The molecule has 0 unspecified atom stereocenters. The summed E-state index contributed by atoms with van der Waals surface area (Å²) in [6, 6.07) is 7.60. The molecule has 2 aliphatic rings. The van der Waals surface area contributed by atoms with Gasteiger partial charge in [0.15, 0.2) is 5.96 Å². The van der Waals surface area contributed by atoms with Gasteiger partial charge in [0.25, 0.3) is 0 Å². The van der Waals surface area contributed by atoms with Gasteiger partial charge in [-0.15, -0.1) is 0 Å². The normalized spacial score (nSPS) is 18.0. The Morgan fingerprint density at radius 2 is 2.00 bits per heavy atom. The van der Waals surface area contributed by atoms with Crippen molar-refractivity contribution in [2.24, 2.45) is 10.9 Å². The topological polar surface area (TPSA) is 39.7 Å². The van der Waals surface area contributed by atoms with Gasteiger partial charge in [0.05, 0.1) is 0 Å². The molecule has 0 atom stereocenters. The van der Waals surface area contributed by atoms with Crippen molar-refractivity contribution in [3.8, 4) is 0 Å². The van der Waals surface area contributed by atoms with Gasteiger partial charge in [0, 0.05) is 39.3 Å². The van der Waals surface area contributed by atoms with E-state index >= 15 is 0 Å². The van der Waals surface area contributed by atoms with Crippen LogP contribution in [-0.2, 0) is 6.42 Å². The summed E-state index contributed by atoms with van der Waals surface area (Å²) in [6.45, 7) is 4.03. The number of benzene rings is 1. The standard InChI is InChI=1S/C19H29FN4/c1-21-19(22-10-9-15-3-2-4-17(20)13-15)23-11-12-24(18-7-8-18)14-16-5-6-16/h2-4,13,16,18H,5-12,14H2,1H3,(H2,21,22,23). The number of hydrogen-bond donors (Lipinski definition) is 2. The van der Waals surface area contributed by atoms with Gasteiger partial charge in [0.1, 0.15) is 5.82 Å². The summed E-state index contributed by atoms with van der Waals surface area (Å²) in [5, 5.41) is 6.70. The summed E-state index contributed by atoms with van der Waals surface area (Å²) in [6.07, 6.45) is 6.36. The maximum absolute atomic E-state index is 13.2. The van der Waals surface area contributed by atoms with E-state index in [0.717, 1.165) is 49.5 Å². The Morgan fingerprint density at radius 1 is 1.21 bits per heavy atom. The zero-order chi connectivity index (χ0) is 16.8. The second-order valence-electron chi connectivity index (χ2n) is 6.98. The molecule has 2 aliphatic carbocycles. The van der Waals surface area contributed by atoms with Crippen LogP contribution in [0.5, 0.6) is 0 Å². The molecular weight excluding hydrogens is 303 g/mol. The minimum atomic E-state index is -0.175. The molecule has 0 spiro atoms. The van der Waals surface area contributed by atoms with Gasteiger partial charge in [-0.2, -0.15) is 0 Å². The predicted molar refractivity (Wildman–Crippen MR) is 96.8 cm³/mol. The minimum absolute atomic E-state index is 0.175. The van der Waals surface area contributed by atoms with Gasteiger partial charge in [0.2, 0.25) is 0 Å². The highest BCUT2D eigenvalue weighted by molar-refractivity contribution is 5.79. The lowest BCUT2D eigenvalue weighted by molar-refractivity contribution is 0.256. The van der Waals surface area contributed by atoms with Crippen LogP contribution < -0.4 is 10.6 Å². The van der Waals surface area contributed by atoms with E-state index < -0.39 is 0 Å². The number of halogens is 1. The maximum Gasteiger partial charge on any atom is 0.191 e. The SMILES string of the molecule is CN=C(NCCc1cccc(F)c1)NCCN(CC1CC1)C1CC1. The maximum atomic E-state index is 13.2. The highest BCUT2D eigenvalue weighted by Gasteiger charge is 2.33. The Labute approximate surface area is 144 Å². The molecule has 4 nitrogen and oxygen atoms in total. The van der Waals surface area contributed by atoms with E-state index in [9.17, 15) is 4.39 Å². The molecule has 2 fully saturated rings. The van der Waals surface area contributed by atoms with Gasteiger partial charge in [-0.25, -0.2) is 4.39 Å². The number of aliphatic imine (C=N–C) groups is 1. The van der Waals surface area contributed by atoms with Crippen molar-refractivity contribution < 1.29 is 4.39 Å². The lowest BCUT2D eigenvalue weighted by Crippen LogP contribution is -2.43. The van der Waals surface area contributed by atoms with Crippen molar-refractivity contribution >= 4 is 5.96 Å². The number of guanidine groups is 1. The monoisotopic (exact) mass is 332 g/mol. The van der Waals surface area contributed by atoms with Crippen LogP contribution in [0.1, 0.15) is 31.2 Å². The zero-order valence-corrected chi connectivity index (χ0v) is 14.6. The van der Waals surface area contributed by atoms with Crippen LogP contribution in [0.2, 0.25) is 0 Å². The third-order valence-corrected chi connectivity index (χ3v) is 4.76. The molecule has 24 heavy (non-hydrogen) atoms. The van der Waals surface area contributed by atoms with Crippen LogP contribution in [0.25, 0.3) is 0 Å². The summed E-state index contributed by atoms with van der Waals surface area (Å²) in [5.41, 5.74) is 1.00. The fourth-order valence-electron chi connectivity index (χ4n) is 3.05. The summed E-state index contributed by atoms with van der Waals surface area (Å²) in [4.78, 5) is 6.91. The van der Waals surface area contributed by atoms with Crippen LogP contribution in [0.4, 0.5) is 4.39 Å². The smallest absolute Gasteiger partial charge is 0.191 e. The largest absolute Gasteiger partial charge is 0.356 e. The van der Waals surface area contributed by atoms with E-state index in [-0.39, 0.29) is 5.82 Å². The minimum Gasteiger partial charge on any atom is -0.356 e. The molecule has 1 aromatic carbocycles. The van der Waals surface area contributed by atoms with Crippen LogP contribution in [-0.4, -0.2) is 50.1 Å². The van der Waals surface area contributed by atoms with E-state index in [2.05, 4.69) is 20.5 Å². The molecule has 0 saturated heterocycles. The first kappa shape index (κ1) is 17.2. The second kappa shape index (κ2) is 8.47. The third-order valence-electron chi connectivity index (χ3n) is 4.76. The average molecular weight is 332 g/mol. The summed E-state index contributed by atoms with van der Waals surface area (Å²) >= 11 is 0. The van der Waals surface area contributed by atoms with Gasteiger partial charge >= 0.3 is 0 Å². The highest BCUT2D eigenvalue weighted by atomic mass is 19.1. The Balaban J connectivity index is 1.33. The van der Waals surface area contributed by atoms with Crippen LogP contribution in [0, 0.1) is 11.7 Å². The van der Waals surface area contributed by atoms with Crippen LogP contribution in [0.3, 0.4) is 0 Å². The molecule has 132 valence electrons. The Kier molecular flexibility index (Phi) is 6.07. The molecule has 1 aromatic rings. The summed E-state index contributed by atoms with van der Waals surface area (Å²) < 4.78 is 13.2. The molecule has 3 rings (SSSR count). The first-order valence-electron chi connectivity index (χ1n) is 9.17. The molecule has 0 bridgehead atoms. The van der Waals surface area contributed by atoms with Crippen molar-refractivity contribution in [2.45, 2.75) is 38.1 Å². The van der Waals surface area contributed by atoms with Gasteiger partial charge in [-0.3, -0.25) is 9.89 Å². The highest BCUT2D eigenvalue weighted by Crippen LogP contribution is 2.34. The number of rotatable bonds is 9. The van der Waals surface area contributed by atoms with E-state index in [4.69, 9.17) is 0 Å². The molecule has 0 aromatic heterocycles.